The molecule has 3 amide bonds. The lowest BCUT2D eigenvalue weighted by Gasteiger charge is -2.32. The van der Waals surface area contributed by atoms with E-state index in [1.165, 1.54) is 0 Å². The minimum Gasteiger partial charge on any atom is -0.456 e. The van der Waals surface area contributed by atoms with Gasteiger partial charge in [0, 0.05) is 11.1 Å². The maximum atomic E-state index is 13.8. The summed E-state index contributed by atoms with van der Waals surface area (Å²) < 4.78 is 32.1. The standard InChI is InChI=1S/C20H14ClF2N3O4/c21-11-3-1-10(2-4-11)18-17-15(9-30-19(17)28)26(20(29)25-18)8-16(27)24-14-7-12(22)5-6-13(14)23/h1-7,18H,8-9H2,(H,24,27)(H,25,29)/t18-/m1/s1. The van der Waals surface area contributed by atoms with Crippen LogP contribution in [-0.2, 0) is 14.3 Å². The second kappa shape index (κ2) is 7.75. The number of nitrogens with one attached hydrogen (secondary N) is 2. The number of hydrogen-bond acceptors (Lipinski definition) is 4. The van der Waals surface area contributed by atoms with Crippen LogP contribution in [0.1, 0.15) is 11.6 Å². The van der Waals surface area contributed by atoms with Crippen molar-refractivity contribution in [3.05, 3.63) is 76.0 Å². The van der Waals surface area contributed by atoms with Crippen LogP contribution in [0.3, 0.4) is 0 Å². The maximum Gasteiger partial charge on any atom is 0.338 e. The molecule has 0 fully saturated rings. The van der Waals surface area contributed by atoms with Gasteiger partial charge in [0.15, 0.2) is 0 Å². The van der Waals surface area contributed by atoms with Gasteiger partial charge in [0.1, 0.15) is 24.8 Å². The average molecular weight is 434 g/mol. The first-order valence-corrected chi connectivity index (χ1v) is 9.20. The van der Waals surface area contributed by atoms with Crippen LogP contribution in [0.15, 0.2) is 53.7 Å². The molecule has 0 saturated heterocycles. The third-order valence-corrected chi connectivity index (χ3v) is 4.96. The van der Waals surface area contributed by atoms with Crippen LogP contribution in [0.5, 0.6) is 0 Å². The number of carbonyl (C=O) groups is 3. The van der Waals surface area contributed by atoms with Gasteiger partial charge in [0.2, 0.25) is 5.91 Å². The molecule has 2 N–H and O–H groups in total. The van der Waals surface area contributed by atoms with E-state index >= 15 is 0 Å². The van der Waals surface area contributed by atoms with Crippen molar-refractivity contribution in [2.75, 3.05) is 18.5 Å². The fourth-order valence-electron chi connectivity index (χ4n) is 3.31. The molecule has 2 aromatic rings. The van der Waals surface area contributed by atoms with Gasteiger partial charge < -0.3 is 15.4 Å². The van der Waals surface area contributed by atoms with E-state index in [1.807, 2.05) is 0 Å². The summed E-state index contributed by atoms with van der Waals surface area (Å²) in [6, 6.07) is 7.79. The lowest BCUT2D eigenvalue weighted by molar-refractivity contribution is -0.136. The Kier molecular flexibility index (Phi) is 5.13. The van der Waals surface area contributed by atoms with Crippen molar-refractivity contribution in [3.8, 4) is 0 Å². The molecule has 30 heavy (non-hydrogen) atoms. The number of nitrogens with zero attached hydrogens (tertiary/aromatic N) is 1. The predicted molar refractivity (Wildman–Crippen MR) is 102 cm³/mol. The van der Waals surface area contributed by atoms with Crippen molar-refractivity contribution in [1.29, 1.82) is 0 Å². The molecule has 2 aliphatic rings. The first kappa shape index (κ1) is 19.8. The highest BCUT2D eigenvalue weighted by Gasteiger charge is 2.42. The lowest BCUT2D eigenvalue weighted by atomic mass is 9.96. The van der Waals surface area contributed by atoms with Crippen LogP contribution in [0.2, 0.25) is 5.02 Å². The van der Waals surface area contributed by atoms with Crippen LogP contribution in [0.25, 0.3) is 0 Å². The largest absolute Gasteiger partial charge is 0.456 e. The van der Waals surface area contributed by atoms with E-state index in [9.17, 15) is 23.2 Å². The van der Waals surface area contributed by atoms with Crippen molar-refractivity contribution >= 4 is 35.2 Å². The second-order valence-corrected chi connectivity index (χ2v) is 7.07. The minimum atomic E-state index is -0.824. The molecule has 0 unspecified atom stereocenters. The first-order valence-electron chi connectivity index (χ1n) is 8.82. The first-order chi connectivity index (χ1) is 14.3. The summed E-state index contributed by atoms with van der Waals surface area (Å²) >= 11 is 5.89. The van der Waals surface area contributed by atoms with Crippen LogP contribution >= 0.6 is 11.6 Å². The monoisotopic (exact) mass is 433 g/mol. The molecular formula is C20H14ClF2N3O4. The average Bonchev–Trinajstić information content (AvgIpc) is 3.09. The number of ether oxygens (including phenoxy) is 1. The SMILES string of the molecule is O=C(CN1C(=O)N[C@H](c2ccc(Cl)cc2)C2=C1COC2=O)Nc1cc(F)ccc1F. The Morgan fingerprint density at radius 1 is 1.20 bits per heavy atom. The van der Waals surface area contributed by atoms with Gasteiger partial charge in [-0.05, 0) is 29.8 Å². The number of urea groups is 1. The molecular weight excluding hydrogens is 420 g/mol. The molecule has 0 radical (unpaired) electrons. The molecule has 0 saturated carbocycles. The van der Waals surface area contributed by atoms with E-state index in [4.69, 9.17) is 16.3 Å². The van der Waals surface area contributed by atoms with Crippen molar-refractivity contribution in [3.63, 3.8) is 0 Å². The van der Waals surface area contributed by atoms with E-state index in [-0.39, 0.29) is 23.6 Å². The maximum absolute atomic E-state index is 13.8. The number of benzene rings is 2. The third-order valence-electron chi connectivity index (χ3n) is 4.71. The highest BCUT2D eigenvalue weighted by Crippen LogP contribution is 2.35. The summed E-state index contributed by atoms with van der Waals surface area (Å²) in [7, 11) is 0. The molecule has 2 aromatic carbocycles. The molecule has 2 aliphatic heterocycles. The molecule has 1 atom stereocenters. The van der Waals surface area contributed by atoms with Crippen LogP contribution < -0.4 is 10.6 Å². The van der Waals surface area contributed by atoms with Gasteiger partial charge >= 0.3 is 12.0 Å². The van der Waals surface area contributed by atoms with Crippen molar-refractivity contribution in [2.24, 2.45) is 0 Å². The molecule has 7 nitrogen and oxygen atoms in total. The minimum absolute atomic E-state index is 0.187. The summed E-state index contributed by atoms with van der Waals surface area (Å²) in [6.07, 6.45) is 0. The van der Waals surface area contributed by atoms with E-state index in [0.29, 0.717) is 10.6 Å². The molecule has 10 heteroatoms. The molecule has 154 valence electrons. The number of anilines is 1. The Morgan fingerprint density at radius 3 is 2.67 bits per heavy atom. The summed E-state index contributed by atoms with van der Waals surface area (Å²) in [5.41, 5.74) is 0.690. The second-order valence-electron chi connectivity index (χ2n) is 6.63. The Morgan fingerprint density at radius 2 is 1.93 bits per heavy atom. The van der Waals surface area contributed by atoms with E-state index in [1.54, 1.807) is 24.3 Å². The van der Waals surface area contributed by atoms with Crippen molar-refractivity contribution in [2.45, 2.75) is 6.04 Å². The van der Waals surface area contributed by atoms with Gasteiger partial charge in [-0.2, -0.15) is 0 Å². The Hall–Kier alpha value is -3.46. The van der Waals surface area contributed by atoms with E-state index < -0.39 is 42.1 Å². The molecule has 0 aromatic heterocycles. The van der Waals surface area contributed by atoms with E-state index in [2.05, 4.69) is 10.6 Å². The van der Waals surface area contributed by atoms with Gasteiger partial charge in [-0.1, -0.05) is 23.7 Å². The van der Waals surface area contributed by atoms with Gasteiger partial charge in [-0.15, -0.1) is 0 Å². The third kappa shape index (κ3) is 3.71. The Balaban J connectivity index is 1.59. The topological polar surface area (TPSA) is 87.7 Å². The number of rotatable bonds is 4. The zero-order valence-electron chi connectivity index (χ0n) is 15.2. The molecule has 2 heterocycles. The van der Waals surface area contributed by atoms with Crippen LogP contribution in [0.4, 0.5) is 19.3 Å². The van der Waals surface area contributed by atoms with Gasteiger partial charge in [0.25, 0.3) is 0 Å². The van der Waals surface area contributed by atoms with Gasteiger partial charge in [-0.3, -0.25) is 9.69 Å². The van der Waals surface area contributed by atoms with Crippen LogP contribution in [-0.4, -0.2) is 36.0 Å². The number of carbonyl (C=O) groups excluding carboxylic acids is 3. The number of esters is 1. The smallest absolute Gasteiger partial charge is 0.338 e. The highest BCUT2D eigenvalue weighted by atomic mass is 35.5. The van der Waals surface area contributed by atoms with Gasteiger partial charge in [-0.25, -0.2) is 18.4 Å². The number of amides is 3. The highest BCUT2D eigenvalue weighted by molar-refractivity contribution is 6.30. The Labute approximate surface area is 174 Å². The lowest BCUT2D eigenvalue weighted by Crippen LogP contribution is -2.49. The summed E-state index contributed by atoms with van der Waals surface area (Å²) in [5, 5.41) is 5.38. The van der Waals surface area contributed by atoms with Crippen molar-refractivity contribution < 1.29 is 27.9 Å². The fourth-order valence-corrected chi connectivity index (χ4v) is 3.44. The number of cyclic esters (lactones) is 1. The molecule has 4 rings (SSSR count). The summed E-state index contributed by atoms with van der Waals surface area (Å²) in [5.74, 6) is -2.94. The summed E-state index contributed by atoms with van der Waals surface area (Å²) in [4.78, 5) is 38.4. The zero-order chi connectivity index (χ0) is 21.4. The van der Waals surface area contributed by atoms with Gasteiger partial charge in [0.05, 0.1) is 23.0 Å². The quantitative estimate of drug-likeness (QED) is 0.725. The molecule has 0 aliphatic carbocycles. The number of hydrogen-bond donors (Lipinski definition) is 2. The molecule has 0 spiro atoms. The zero-order valence-corrected chi connectivity index (χ0v) is 16.0. The van der Waals surface area contributed by atoms with Crippen molar-refractivity contribution in [1.82, 2.24) is 10.2 Å². The predicted octanol–water partition coefficient (Wildman–Crippen LogP) is 3.13. The Bertz CT molecular complexity index is 1090. The normalized spacial score (nSPS) is 18.1. The van der Waals surface area contributed by atoms with E-state index in [0.717, 1.165) is 23.1 Å². The molecule has 0 bridgehead atoms. The summed E-state index contributed by atoms with van der Waals surface area (Å²) in [6.45, 7) is -0.710. The number of halogens is 3. The fraction of sp³-hybridized carbons (Fsp3) is 0.150. The van der Waals surface area contributed by atoms with Crippen LogP contribution in [0, 0.1) is 11.6 Å².